The molecule has 1 unspecified atom stereocenters. The average Bonchev–Trinajstić information content (AvgIpc) is 2.65. The number of para-hydroxylation sites is 2. The number of aromatic nitrogens is 1. The molecule has 4 rings (SSSR count). The van der Waals surface area contributed by atoms with Crippen LogP contribution in [0.5, 0.6) is 11.5 Å². The molecule has 1 aliphatic carbocycles. The van der Waals surface area contributed by atoms with Crippen molar-refractivity contribution in [2.75, 3.05) is 18.5 Å². The third-order valence-corrected chi connectivity index (χ3v) is 4.80. The van der Waals surface area contributed by atoms with E-state index in [4.69, 9.17) is 9.47 Å². The molecule has 2 heterocycles. The van der Waals surface area contributed by atoms with E-state index in [-0.39, 0.29) is 12.0 Å². The summed E-state index contributed by atoms with van der Waals surface area (Å²) >= 11 is 0. The Labute approximate surface area is 152 Å². The highest BCUT2D eigenvalue weighted by Crippen LogP contribution is 2.31. The van der Waals surface area contributed by atoms with Gasteiger partial charge in [-0.1, -0.05) is 12.1 Å². The lowest BCUT2D eigenvalue weighted by Gasteiger charge is -2.27. The predicted octanol–water partition coefficient (Wildman–Crippen LogP) is 3.01. The second-order valence-electron chi connectivity index (χ2n) is 6.75. The van der Waals surface area contributed by atoms with E-state index in [0.717, 1.165) is 17.3 Å². The minimum absolute atomic E-state index is 0.0580. The van der Waals surface area contributed by atoms with Crippen LogP contribution in [0, 0.1) is 0 Å². The van der Waals surface area contributed by atoms with Gasteiger partial charge in [0, 0.05) is 25.2 Å². The molecule has 1 fully saturated rings. The molecule has 1 amide bonds. The molecule has 1 aromatic carbocycles. The lowest BCUT2D eigenvalue weighted by molar-refractivity contribution is 0.0812. The Morgan fingerprint density at radius 1 is 1.15 bits per heavy atom. The Morgan fingerprint density at radius 2 is 2.00 bits per heavy atom. The minimum atomic E-state index is -0.121. The Balaban J connectivity index is 1.22. The number of rotatable bonds is 6. The van der Waals surface area contributed by atoms with Gasteiger partial charge in [0.25, 0.3) is 5.91 Å². The molecule has 2 aromatic rings. The predicted molar refractivity (Wildman–Crippen MR) is 98.8 cm³/mol. The summed E-state index contributed by atoms with van der Waals surface area (Å²) in [6.45, 7) is 1.02. The fourth-order valence-electron chi connectivity index (χ4n) is 3.03. The number of ether oxygens (including phenoxy) is 2. The summed E-state index contributed by atoms with van der Waals surface area (Å²) < 4.78 is 11.6. The molecule has 1 aliphatic heterocycles. The molecule has 136 valence electrons. The van der Waals surface area contributed by atoms with E-state index in [0.29, 0.717) is 31.2 Å². The van der Waals surface area contributed by atoms with Crippen LogP contribution in [0.25, 0.3) is 0 Å². The molecule has 2 N–H and O–H groups in total. The summed E-state index contributed by atoms with van der Waals surface area (Å²) in [4.78, 5) is 16.6. The molecule has 2 aliphatic rings. The van der Waals surface area contributed by atoms with E-state index in [1.54, 1.807) is 12.3 Å². The Kier molecular flexibility index (Phi) is 4.91. The van der Waals surface area contributed by atoms with Gasteiger partial charge in [-0.15, -0.1) is 0 Å². The number of carbonyl (C=O) groups excluding carboxylic acids is 1. The minimum Gasteiger partial charge on any atom is -0.486 e. The third-order valence-electron chi connectivity index (χ3n) is 4.80. The lowest BCUT2D eigenvalue weighted by Crippen LogP contribution is -2.34. The van der Waals surface area contributed by atoms with Gasteiger partial charge >= 0.3 is 0 Å². The number of benzene rings is 1. The van der Waals surface area contributed by atoms with Crippen LogP contribution in [0.1, 0.15) is 36.0 Å². The molecule has 0 spiro atoms. The number of hydrogen-bond acceptors (Lipinski definition) is 5. The van der Waals surface area contributed by atoms with Crippen LogP contribution < -0.4 is 20.1 Å². The van der Waals surface area contributed by atoms with Crippen molar-refractivity contribution in [3.63, 3.8) is 0 Å². The maximum atomic E-state index is 12.2. The van der Waals surface area contributed by atoms with E-state index in [1.165, 1.54) is 19.3 Å². The van der Waals surface area contributed by atoms with Gasteiger partial charge in [0.1, 0.15) is 18.5 Å². The van der Waals surface area contributed by atoms with Crippen LogP contribution in [0.4, 0.5) is 5.82 Å². The molecule has 0 radical (unpaired) electrons. The van der Waals surface area contributed by atoms with Gasteiger partial charge < -0.3 is 20.1 Å². The van der Waals surface area contributed by atoms with E-state index >= 15 is 0 Å². The molecule has 1 saturated carbocycles. The van der Waals surface area contributed by atoms with Crippen LogP contribution in [-0.4, -0.2) is 36.2 Å². The molecule has 0 bridgehead atoms. The van der Waals surface area contributed by atoms with Crippen LogP contribution in [-0.2, 0) is 0 Å². The van der Waals surface area contributed by atoms with Crippen molar-refractivity contribution in [3.05, 3.63) is 48.2 Å². The first-order valence-corrected chi connectivity index (χ1v) is 9.17. The van der Waals surface area contributed by atoms with Crippen LogP contribution in [0.2, 0.25) is 0 Å². The molecule has 6 heteroatoms. The zero-order valence-corrected chi connectivity index (χ0v) is 14.6. The average molecular weight is 353 g/mol. The van der Waals surface area contributed by atoms with Crippen molar-refractivity contribution < 1.29 is 14.3 Å². The highest BCUT2D eigenvalue weighted by atomic mass is 16.6. The maximum Gasteiger partial charge on any atom is 0.252 e. The van der Waals surface area contributed by atoms with E-state index in [1.807, 2.05) is 30.3 Å². The van der Waals surface area contributed by atoms with E-state index in [9.17, 15) is 4.79 Å². The summed E-state index contributed by atoms with van der Waals surface area (Å²) in [5.41, 5.74) is 0.565. The molecule has 1 aromatic heterocycles. The van der Waals surface area contributed by atoms with Crippen molar-refractivity contribution in [3.8, 4) is 11.5 Å². The van der Waals surface area contributed by atoms with Crippen LogP contribution in [0.3, 0.4) is 0 Å². The van der Waals surface area contributed by atoms with Crippen LogP contribution in [0.15, 0.2) is 42.6 Å². The summed E-state index contributed by atoms with van der Waals surface area (Å²) in [5, 5.41) is 6.28. The topological polar surface area (TPSA) is 72.5 Å². The maximum absolute atomic E-state index is 12.2. The lowest BCUT2D eigenvalue weighted by atomic mass is 9.93. The number of fused-ring (bicyclic) bond motifs is 1. The van der Waals surface area contributed by atoms with Crippen molar-refractivity contribution in [1.29, 1.82) is 0 Å². The fourth-order valence-corrected chi connectivity index (χ4v) is 3.03. The number of anilines is 1. The molecule has 1 atom stereocenters. The highest BCUT2D eigenvalue weighted by Gasteiger charge is 2.20. The first kappa shape index (κ1) is 16.7. The van der Waals surface area contributed by atoms with Gasteiger partial charge in [-0.05, 0) is 43.5 Å². The number of carbonyl (C=O) groups is 1. The zero-order valence-electron chi connectivity index (χ0n) is 14.6. The van der Waals surface area contributed by atoms with Gasteiger partial charge in [-0.2, -0.15) is 0 Å². The van der Waals surface area contributed by atoms with Gasteiger partial charge in [0.15, 0.2) is 11.5 Å². The highest BCUT2D eigenvalue weighted by molar-refractivity contribution is 5.94. The standard InChI is InChI=1S/C20H23N3O3/c24-20(14-8-9-19(22-12-14)23-15-4-3-5-15)21-11-10-16-13-25-17-6-1-2-7-18(17)26-16/h1-2,6-9,12,15-16H,3-5,10-11,13H2,(H,21,24)(H,22,23). The first-order chi connectivity index (χ1) is 12.8. The second kappa shape index (κ2) is 7.64. The largest absolute Gasteiger partial charge is 0.486 e. The molecule has 6 nitrogen and oxygen atoms in total. The van der Waals surface area contributed by atoms with E-state index in [2.05, 4.69) is 15.6 Å². The van der Waals surface area contributed by atoms with E-state index < -0.39 is 0 Å². The Hall–Kier alpha value is -2.76. The smallest absolute Gasteiger partial charge is 0.252 e. The summed E-state index contributed by atoms with van der Waals surface area (Å²) in [5.74, 6) is 2.24. The number of hydrogen-bond donors (Lipinski definition) is 2. The number of pyridine rings is 1. The molecule has 26 heavy (non-hydrogen) atoms. The van der Waals surface area contributed by atoms with Gasteiger partial charge in [0.05, 0.1) is 5.56 Å². The van der Waals surface area contributed by atoms with Crippen molar-refractivity contribution in [2.24, 2.45) is 0 Å². The molecule has 0 saturated heterocycles. The zero-order chi connectivity index (χ0) is 17.8. The van der Waals surface area contributed by atoms with Crippen LogP contribution >= 0.6 is 0 Å². The number of nitrogens with one attached hydrogen (secondary N) is 2. The first-order valence-electron chi connectivity index (χ1n) is 9.17. The fraction of sp³-hybridized carbons (Fsp3) is 0.400. The summed E-state index contributed by atoms with van der Waals surface area (Å²) in [7, 11) is 0. The Morgan fingerprint density at radius 3 is 2.73 bits per heavy atom. The monoisotopic (exact) mass is 353 g/mol. The normalized spacial score (nSPS) is 18.7. The third kappa shape index (κ3) is 3.90. The van der Waals surface area contributed by atoms with Crippen molar-refractivity contribution in [2.45, 2.75) is 37.8 Å². The quantitative estimate of drug-likeness (QED) is 0.835. The van der Waals surface area contributed by atoms with Gasteiger partial charge in [-0.3, -0.25) is 4.79 Å². The molecular formula is C20H23N3O3. The number of nitrogens with zero attached hydrogens (tertiary/aromatic N) is 1. The number of amides is 1. The summed E-state index contributed by atoms with van der Waals surface area (Å²) in [6, 6.07) is 11.8. The van der Waals surface area contributed by atoms with Gasteiger partial charge in [0.2, 0.25) is 0 Å². The van der Waals surface area contributed by atoms with Crippen molar-refractivity contribution >= 4 is 11.7 Å². The summed E-state index contributed by atoms with van der Waals surface area (Å²) in [6.07, 6.45) is 5.92. The Bertz CT molecular complexity index is 759. The second-order valence-corrected chi connectivity index (χ2v) is 6.75. The van der Waals surface area contributed by atoms with Crippen molar-refractivity contribution in [1.82, 2.24) is 10.3 Å². The van der Waals surface area contributed by atoms with Gasteiger partial charge in [-0.25, -0.2) is 4.98 Å². The SMILES string of the molecule is O=C(NCCC1COc2ccccc2O1)c1ccc(NC2CCC2)nc1. The molecular weight excluding hydrogens is 330 g/mol.